The second kappa shape index (κ2) is 9.38. The highest BCUT2D eigenvalue weighted by molar-refractivity contribution is 9.10. The van der Waals surface area contributed by atoms with Gasteiger partial charge in [0.25, 0.3) is 5.91 Å². The van der Waals surface area contributed by atoms with Gasteiger partial charge in [0.1, 0.15) is 5.75 Å². The van der Waals surface area contributed by atoms with E-state index in [1.54, 1.807) is 12.1 Å². The largest absolute Gasteiger partial charge is 0.482 e. The van der Waals surface area contributed by atoms with Gasteiger partial charge in [-0.15, -0.1) is 0 Å². The lowest BCUT2D eigenvalue weighted by Gasteiger charge is -2.14. The van der Waals surface area contributed by atoms with E-state index in [-0.39, 0.29) is 19.1 Å². The Labute approximate surface area is 161 Å². The number of nitrogens with one attached hydrogen (secondary N) is 1. The molecule has 1 amide bonds. The van der Waals surface area contributed by atoms with E-state index in [0.29, 0.717) is 11.4 Å². The average Bonchev–Trinajstić information content (AvgIpc) is 2.60. The lowest BCUT2D eigenvalue weighted by Crippen LogP contribution is -2.24. The number of hydrogen-bond acceptors (Lipinski definition) is 4. The fourth-order valence-corrected chi connectivity index (χ4v) is 2.70. The minimum atomic E-state index is -0.594. The number of aryl methyl sites for hydroxylation is 1. The monoisotopic (exact) mass is 419 g/mol. The van der Waals surface area contributed by atoms with Crippen LogP contribution in [0.3, 0.4) is 0 Å². The standard InChI is InChI=1S/C20H22BrNO4/c1-13(2)15-9-8-14(3)10-18(15)25-12-20(24)26-11-19(23)22-17-7-5-4-6-16(17)21/h4-10,13H,11-12H2,1-3H3,(H,22,23). The third-order valence-electron chi connectivity index (χ3n) is 3.65. The molecule has 2 rings (SSSR count). The molecule has 0 saturated carbocycles. The number of amides is 1. The van der Waals surface area contributed by atoms with Crippen molar-refractivity contribution in [2.75, 3.05) is 18.5 Å². The summed E-state index contributed by atoms with van der Waals surface area (Å²) >= 11 is 3.34. The number of carbonyl (C=O) groups excluding carboxylic acids is 2. The Balaban J connectivity index is 1.83. The van der Waals surface area contributed by atoms with E-state index in [1.165, 1.54) is 0 Å². The van der Waals surface area contributed by atoms with Crippen molar-refractivity contribution >= 4 is 33.5 Å². The number of anilines is 1. The number of rotatable bonds is 7. The zero-order chi connectivity index (χ0) is 19.1. The Morgan fingerprint density at radius 3 is 2.54 bits per heavy atom. The SMILES string of the molecule is Cc1ccc(C(C)C)c(OCC(=O)OCC(=O)Nc2ccccc2Br)c1. The summed E-state index contributed by atoms with van der Waals surface area (Å²) in [6.45, 7) is 5.46. The third kappa shape index (κ3) is 5.88. The van der Waals surface area contributed by atoms with E-state index < -0.39 is 11.9 Å². The zero-order valence-corrected chi connectivity index (χ0v) is 16.6. The van der Waals surface area contributed by atoms with Crippen molar-refractivity contribution in [1.29, 1.82) is 0 Å². The van der Waals surface area contributed by atoms with Gasteiger partial charge in [-0.1, -0.05) is 38.1 Å². The van der Waals surface area contributed by atoms with E-state index in [4.69, 9.17) is 9.47 Å². The molecule has 0 atom stereocenters. The van der Waals surface area contributed by atoms with Gasteiger partial charge < -0.3 is 14.8 Å². The summed E-state index contributed by atoms with van der Waals surface area (Å²) in [5.74, 6) is -0.0708. The first-order valence-electron chi connectivity index (χ1n) is 8.30. The molecule has 26 heavy (non-hydrogen) atoms. The molecule has 0 aliphatic heterocycles. The lowest BCUT2D eigenvalue weighted by atomic mass is 10.0. The average molecular weight is 420 g/mol. The van der Waals surface area contributed by atoms with Gasteiger partial charge in [0.2, 0.25) is 0 Å². The van der Waals surface area contributed by atoms with E-state index in [2.05, 4.69) is 35.1 Å². The van der Waals surface area contributed by atoms with Crippen LogP contribution in [0.5, 0.6) is 5.75 Å². The number of carbonyl (C=O) groups is 2. The first-order valence-corrected chi connectivity index (χ1v) is 9.09. The minimum Gasteiger partial charge on any atom is -0.482 e. The molecule has 0 aromatic heterocycles. The molecule has 0 radical (unpaired) electrons. The van der Waals surface area contributed by atoms with E-state index in [9.17, 15) is 9.59 Å². The molecule has 5 nitrogen and oxygen atoms in total. The Morgan fingerprint density at radius 1 is 1.12 bits per heavy atom. The summed E-state index contributed by atoms with van der Waals surface area (Å²) in [7, 11) is 0. The van der Waals surface area contributed by atoms with Gasteiger partial charge in [-0.05, 0) is 58.1 Å². The van der Waals surface area contributed by atoms with Crippen LogP contribution in [0.15, 0.2) is 46.9 Å². The maximum Gasteiger partial charge on any atom is 0.344 e. The second-order valence-corrected chi connectivity index (χ2v) is 7.03. The fourth-order valence-electron chi connectivity index (χ4n) is 2.32. The molecular weight excluding hydrogens is 398 g/mol. The van der Waals surface area contributed by atoms with Gasteiger partial charge >= 0.3 is 5.97 Å². The Kier molecular flexibility index (Phi) is 7.21. The normalized spacial score (nSPS) is 10.5. The fraction of sp³-hybridized carbons (Fsp3) is 0.300. The predicted molar refractivity (Wildman–Crippen MR) is 104 cm³/mol. The first kappa shape index (κ1) is 20.0. The predicted octanol–water partition coefficient (Wildman–Crippen LogP) is 4.44. The van der Waals surface area contributed by atoms with Crippen molar-refractivity contribution in [3.63, 3.8) is 0 Å². The molecule has 1 N–H and O–H groups in total. The Morgan fingerprint density at radius 2 is 1.85 bits per heavy atom. The maximum atomic E-state index is 11.9. The van der Waals surface area contributed by atoms with Crippen molar-refractivity contribution in [2.24, 2.45) is 0 Å². The Bertz CT molecular complexity index is 789. The highest BCUT2D eigenvalue weighted by Gasteiger charge is 2.13. The maximum absolute atomic E-state index is 11.9. The quantitative estimate of drug-likeness (QED) is 0.673. The summed E-state index contributed by atoms with van der Waals surface area (Å²) in [5.41, 5.74) is 2.69. The topological polar surface area (TPSA) is 64.6 Å². The van der Waals surface area contributed by atoms with Crippen LogP contribution < -0.4 is 10.1 Å². The van der Waals surface area contributed by atoms with E-state index in [1.807, 2.05) is 37.3 Å². The smallest absolute Gasteiger partial charge is 0.344 e. The van der Waals surface area contributed by atoms with Gasteiger partial charge in [0.05, 0.1) is 5.69 Å². The molecule has 2 aromatic carbocycles. The summed E-state index contributed by atoms with van der Waals surface area (Å²) in [5, 5.41) is 2.67. The summed E-state index contributed by atoms with van der Waals surface area (Å²) in [6.07, 6.45) is 0. The van der Waals surface area contributed by atoms with Gasteiger partial charge in [-0.2, -0.15) is 0 Å². The van der Waals surface area contributed by atoms with Crippen molar-refractivity contribution < 1.29 is 19.1 Å². The second-order valence-electron chi connectivity index (χ2n) is 6.17. The van der Waals surface area contributed by atoms with Crippen molar-refractivity contribution in [1.82, 2.24) is 0 Å². The first-order chi connectivity index (χ1) is 12.4. The number of esters is 1. The molecule has 0 heterocycles. The minimum absolute atomic E-state index is 0.245. The van der Waals surface area contributed by atoms with Gasteiger partial charge in [-0.25, -0.2) is 4.79 Å². The van der Waals surface area contributed by atoms with E-state index in [0.717, 1.165) is 15.6 Å². The number of ether oxygens (including phenoxy) is 2. The number of para-hydroxylation sites is 1. The molecule has 0 saturated heterocycles. The van der Waals surface area contributed by atoms with Crippen LogP contribution in [0.25, 0.3) is 0 Å². The zero-order valence-electron chi connectivity index (χ0n) is 15.0. The molecule has 0 unspecified atom stereocenters. The molecule has 0 bridgehead atoms. The number of hydrogen-bond donors (Lipinski definition) is 1. The van der Waals surface area contributed by atoms with E-state index >= 15 is 0 Å². The highest BCUT2D eigenvalue weighted by Crippen LogP contribution is 2.27. The van der Waals surface area contributed by atoms with Gasteiger partial charge in [0, 0.05) is 4.47 Å². The molecule has 0 fully saturated rings. The van der Waals surface area contributed by atoms with Crippen molar-refractivity contribution in [3.05, 3.63) is 58.1 Å². The lowest BCUT2D eigenvalue weighted by molar-refractivity contribution is -0.149. The van der Waals surface area contributed by atoms with Crippen LogP contribution in [0.4, 0.5) is 5.69 Å². The molecule has 2 aromatic rings. The van der Waals surface area contributed by atoms with Crippen LogP contribution >= 0.6 is 15.9 Å². The Hall–Kier alpha value is -2.34. The molecule has 0 aliphatic rings. The summed E-state index contributed by atoms with van der Waals surface area (Å²) in [6, 6.07) is 13.1. The van der Waals surface area contributed by atoms with Crippen LogP contribution in [0.2, 0.25) is 0 Å². The van der Waals surface area contributed by atoms with Gasteiger partial charge in [-0.3, -0.25) is 4.79 Å². The van der Waals surface area contributed by atoms with Crippen LogP contribution in [-0.4, -0.2) is 25.1 Å². The van der Waals surface area contributed by atoms with Crippen molar-refractivity contribution in [3.8, 4) is 5.75 Å². The van der Waals surface area contributed by atoms with Gasteiger partial charge in [0.15, 0.2) is 13.2 Å². The van der Waals surface area contributed by atoms with Crippen LogP contribution in [-0.2, 0) is 14.3 Å². The van der Waals surface area contributed by atoms with Crippen molar-refractivity contribution in [2.45, 2.75) is 26.7 Å². The third-order valence-corrected chi connectivity index (χ3v) is 4.34. The summed E-state index contributed by atoms with van der Waals surface area (Å²) in [4.78, 5) is 23.8. The van der Waals surface area contributed by atoms with Crippen LogP contribution in [0.1, 0.15) is 30.9 Å². The molecule has 0 spiro atoms. The molecule has 0 aliphatic carbocycles. The highest BCUT2D eigenvalue weighted by atomic mass is 79.9. The molecular formula is C20H22BrNO4. The molecule has 6 heteroatoms. The molecule has 138 valence electrons. The number of halogens is 1. The van der Waals surface area contributed by atoms with Crippen LogP contribution in [0, 0.1) is 6.92 Å². The summed E-state index contributed by atoms with van der Waals surface area (Å²) < 4.78 is 11.3. The number of benzene rings is 2.